The molecular formula is C28H32BrN3O5. The van der Waals surface area contributed by atoms with Crippen LogP contribution in [0.4, 0.5) is 5.69 Å². The highest BCUT2D eigenvalue weighted by atomic mass is 79.9. The molecule has 2 bridgehead atoms. The molecule has 9 heteroatoms. The summed E-state index contributed by atoms with van der Waals surface area (Å²) in [4.78, 5) is 42.5. The average Bonchev–Trinajstić information content (AvgIpc) is 3.47. The Hall–Kier alpha value is -2.75. The van der Waals surface area contributed by atoms with E-state index in [1.807, 2.05) is 62.4 Å². The predicted octanol–water partition coefficient (Wildman–Crippen LogP) is 2.69. The van der Waals surface area contributed by atoms with E-state index in [0.717, 1.165) is 16.7 Å². The topological polar surface area (TPSA) is 108 Å². The number of amides is 3. The van der Waals surface area contributed by atoms with E-state index in [1.165, 1.54) is 4.90 Å². The van der Waals surface area contributed by atoms with E-state index in [-0.39, 0.29) is 35.7 Å². The fourth-order valence-corrected chi connectivity index (χ4v) is 7.13. The first-order valence-corrected chi connectivity index (χ1v) is 13.6. The summed E-state index contributed by atoms with van der Waals surface area (Å²) in [5, 5.41) is 15.5. The van der Waals surface area contributed by atoms with Gasteiger partial charge < -0.3 is 25.4 Å². The highest BCUT2D eigenvalue weighted by molar-refractivity contribution is 9.09. The highest BCUT2D eigenvalue weighted by Gasteiger charge is 2.76. The van der Waals surface area contributed by atoms with Crippen LogP contribution in [0.5, 0.6) is 0 Å². The number of nitrogens with zero attached hydrogens (tertiary/aromatic N) is 1. The van der Waals surface area contributed by atoms with E-state index in [1.54, 1.807) is 0 Å². The minimum atomic E-state index is -1.12. The lowest BCUT2D eigenvalue weighted by Crippen LogP contribution is -2.54. The smallest absolute Gasteiger partial charge is 0.250 e. The summed E-state index contributed by atoms with van der Waals surface area (Å²) in [5.41, 5.74) is 2.43. The van der Waals surface area contributed by atoms with Gasteiger partial charge in [0, 0.05) is 30.2 Å². The van der Waals surface area contributed by atoms with Crippen LogP contribution in [0.1, 0.15) is 29.5 Å². The normalized spacial score (nSPS) is 29.9. The summed E-state index contributed by atoms with van der Waals surface area (Å²) in [6.07, 6.45) is 0.256. The van der Waals surface area contributed by atoms with Crippen molar-refractivity contribution < 1.29 is 24.2 Å². The Bertz CT molecular complexity index is 1210. The van der Waals surface area contributed by atoms with Crippen molar-refractivity contribution in [2.24, 2.45) is 11.8 Å². The third-order valence-electron chi connectivity index (χ3n) is 7.86. The number of aliphatic hydroxyl groups is 1. The lowest BCUT2D eigenvalue weighted by atomic mass is 9.70. The summed E-state index contributed by atoms with van der Waals surface area (Å²) in [6, 6.07) is 14.5. The van der Waals surface area contributed by atoms with Crippen molar-refractivity contribution in [2.45, 2.75) is 55.8 Å². The number of aryl methyl sites for hydroxylation is 2. The first-order chi connectivity index (χ1) is 17.8. The first kappa shape index (κ1) is 25.9. The van der Waals surface area contributed by atoms with Crippen LogP contribution in [-0.4, -0.2) is 63.5 Å². The third kappa shape index (κ3) is 4.47. The van der Waals surface area contributed by atoms with Crippen molar-refractivity contribution in [1.82, 2.24) is 10.2 Å². The number of halogens is 1. The number of hydrogen-bond donors (Lipinski definition) is 3. The minimum absolute atomic E-state index is 0.113. The molecule has 0 aromatic heterocycles. The molecule has 2 aromatic carbocycles. The van der Waals surface area contributed by atoms with E-state index in [0.29, 0.717) is 25.1 Å². The van der Waals surface area contributed by atoms with E-state index < -0.39 is 29.6 Å². The molecule has 3 heterocycles. The largest absolute Gasteiger partial charge is 0.396 e. The number of hydrogen-bond acceptors (Lipinski definition) is 5. The fourth-order valence-electron chi connectivity index (χ4n) is 6.19. The van der Waals surface area contributed by atoms with Gasteiger partial charge in [0.25, 0.3) is 0 Å². The molecule has 3 fully saturated rings. The zero-order valence-corrected chi connectivity index (χ0v) is 22.5. The third-order valence-corrected chi connectivity index (χ3v) is 8.70. The number of anilines is 1. The minimum Gasteiger partial charge on any atom is -0.396 e. The molecule has 37 heavy (non-hydrogen) atoms. The quantitative estimate of drug-likeness (QED) is 0.424. The van der Waals surface area contributed by atoms with Crippen LogP contribution in [0.15, 0.2) is 48.5 Å². The standard InChI is InChI=1S/C28H32BrN3O5/c1-16-9-10-17(2)20(13-16)31-26(35)24-28-14-19(29)23(37-28)21(22(28)27(36)32(24)11-6-12-33)25(34)30-15-18-7-4-3-5-8-18/h3-5,7-10,13,19,21-24,33H,6,11-12,14-15H2,1-2H3,(H,30,34)(H,31,35)/t19?,21-,22-,23-,24?,28?/m0/s1. The van der Waals surface area contributed by atoms with Crippen LogP contribution in [0.3, 0.4) is 0 Å². The number of fused-ring (bicyclic) bond motifs is 1. The number of likely N-dealkylation sites (tertiary alicyclic amines) is 1. The zero-order valence-electron chi connectivity index (χ0n) is 20.9. The Morgan fingerprint density at radius 1 is 1.16 bits per heavy atom. The van der Waals surface area contributed by atoms with Crippen LogP contribution in [0, 0.1) is 25.7 Å². The van der Waals surface area contributed by atoms with E-state index in [2.05, 4.69) is 26.6 Å². The molecule has 8 nitrogen and oxygen atoms in total. The van der Waals surface area contributed by atoms with Gasteiger partial charge in [-0.15, -0.1) is 0 Å². The van der Waals surface area contributed by atoms with Crippen molar-refractivity contribution in [3.63, 3.8) is 0 Å². The maximum absolute atomic E-state index is 13.9. The molecule has 5 rings (SSSR count). The molecule has 1 spiro atoms. The van der Waals surface area contributed by atoms with E-state index >= 15 is 0 Å². The summed E-state index contributed by atoms with van der Waals surface area (Å²) in [5.74, 6) is -2.35. The molecule has 6 atom stereocenters. The molecule has 3 amide bonds. The second-order valence-corrected chi connectivity index (χ2v) is 11.5. The molecule has 2 aromatic rings. The number of ether oxygens (including phenoxy) is 1. The van der Waals surface area contributed by atoms with Crippen LogP contribution in [-0.2, 0) is 25.7 Å². The summed E-state index contributed by atoms with van der Waals surface area (Å²) in [6.45, 7) is 4.30. The number of nitrogens with one attached hydrogen (secondary N) is 2. The number of benzene rings is 2. The second-order valence-electron chi connectivity index (χ2n) is 10.3. The number of alkyl halides is 1. The second kappa shape index (κ2) is 10.2. The van der Waals surface area contributed by atoms with Gasteiger partial charge in [0.2, 0.25) is 17.7 Å². The van der Waals surface area contributed by atoms with Crippen LogP contribution in [0.2, 0.25) is 0 Å². The van der Waals surface area contributed by atoms with Crippen LogP contribution in [0.25, 0.3) is 0 Å². The van der Waals surface area contributed by atoms with Crippen LogP contribution < -0.4 is 10.6 Å². The number of carbonyl (C=O) groups is 3. The van der Waals surface area contributed by atoms with Crippen molar-refractivity contribution >= 4 is 39.3 Å². The Morgan fingerprint density at radius 3 is 2.65 bits per heavy atom. The van der Waals surface area contributed by atoms with Gasteiger partial charge in [-0.25, -0.2) is 0 Å². The van der Waals surface area contributed by atoms with Crippen LogP contribution >= 0.6 is 15.9 Å². The number of aliphatic hydroxyl groups excluding tert-OH is 1. The van der Waals surface area contributed by atoms with Gasteiger partial charge in [-0.1, -0.05) is 58.4 Å². The summed E-state index contributed by atoms with van der Waals surface area (Å²) in [7, 11) is 0. The SMILES string of the molecule is Cc1ccc(C)c(NC(=O)C2N(CCCO)C(=O)[C@@H]3[C@H](C(=O)NCc4ccccc4)[C@H]4OC23CC4Br)c1. The van der Waals surface area contributed by atoms with Gasteiger partial charge in [0.15, 0.2) is 0 Å². The molecule has 0 radical (unpaired) electrons. The summed E-state index contributed by atoms with van der Waals surface area (Å²) < 4.78 is 6.49. The lowest BCUT2D eigenvalue weighted by Gasteiger charge is -2.34. The van der Waals surface area contributed by atoms with Crippen molar-refractivity contribution in [2.75, 3.05) is 18.5 Å². The van der Waals surface area contributed by atoms with E-state index in [4.69, 9.17) is 4.74 Å². The molecule has 0 aliphatic carbocycles. The maximum Gasteiger partial charge on any atom is 0.250 e. The zero-order chi connectivity index (χ0) is 26.3. The van der Waals surface area contributed by atoms with Gasteiger partial charge in [-0.2, -0.15) is 0 Å². The Kier molecular flexibility index (Phi) is 7.13. The van der Waals surface area contributed by atoms with Crippen molar-refractivity contribution in [3.05, 3.63) is 65.2 Å². The van der Waals surface area contributed by atoms with Gasteiger partial charge >= 0.3 is 0 Å². The Morgan fingerprint density at radius 2 is 1.92 bits per heavy atom. The molecule has 196 valence electrons. The lowest BCUT2D eigenvalue weighted by molar-refractivity contribution is -0.141. The molecule has 3 saturated heterocycles. The molecule has 3 aliphatic rings. The predicted molar refractivity (Wildman–Crippen MR) is 142 cm³/mol. The number of rotatable bonds is 8. The van der Waals surface area contributed by atoms with Gasteiger partial charge in [0.1, 0.15) is 11.6 Å². The van der Waals surface area contributed by atoms with Gasteiger partial charge in [0.05, 0.1) is 17.9 Å². The van der Waals surface area contributed by atoms with Gasteiger partial charge in [-0.05, 0) is 49.4 Å². The van der Waals surface area contributed by atoms with Gasteiger partial charge in [-0.3, -0.25) is 14.4 Å². The average molecular weight is 570 g/mol. The molecule has 3 unspecified atom stereocenters. The number of carbonyl (C=O) groups excluding carboxylic acids is 3. The molecule has 3 aliphatic heterocycles. The van der Waals surface area contributed by atoms with Crippen molar-refractivity contribution in [3.8, 4) is 0 Å². The van der Waals surface area contributed by atoms with Crippen molar-refractivity contribution in [1.29, 1.82) is 0 Å². The fraction of sp³-hybridized carbons (Fsp3) is 0.464. The molecule has 3 N–H and O–H groups in total. The first-order valence-electron chi connectivity index (χ1n) is 12.7. The monoisotopic (exact) mass is 569 g/mol. The van der Waals surface area contributed by atoms with E-state index in [9.17, 15) is 19.5 Å². The Balaban J connectivity index is 1.45. The Labute approximate surface area is 224 Å². The molecule has 0 saturated carbocycles. The molecular weight excluding hydrogens is 538 g/mol. The maximum atomic E-state index is 13.9. The highest BCUT2D eigenvalue weighted by Crippen LogP contribution is 2.60. The summed E-state index contributed by atoms with van der Waals surface area (Å²) >= 11 is 3.68.